The van der Waals surface area contributed by atoms with Gasteiger partial charge in [-0.15, -0.1) is 0 Å². The molecule has 0 bridgehead atoms. The van der Waals surface area contributed by atoms with Crippen LogP contribution in [-0.2, 0) is 32.2 Å². The van der Waals surface area contributed by atoms with E-state index in [0.717, 1.165) is 11.2 Å². The molecule has 1 aromatic carbocycles. The molecule has 5 rings (SSSR count). The zero-order valence-corrected chi connectivity index (χ0v) is 19.7. The van der Waals surface area contributed by atoms with Gasteiger partial charge in [0.2, 0.25) is 16.0 Å². The van der Waals surface area contributed by atoms with Gasteiger partial charge in [-0.1, -0.05) is 12.1 Å². The zero-order chi connectivity index (χ0) is 24.8. The van der Waals surface area contributed by atoms with Gasteiger partial charge in [-0.2, -0.15) is 8.78 Å². The summed E-state index contributed by atoms with van der Waals surface area (Å²) in [5.74, 6) is -7.03. The van der Waals surface area contributed by atoms with Crippen molar-refractivity contribution in [3.8, 4) is 11.3 Å². The highest BCUT2D eigenvalue weighted by Crippen LogP contribution is 2.47. The highest BCUT2D eigenvalue weighted by molar-refractivity contribution is 7.92. The Labute approximate surface area is 193 Å². The molecule has 3 heterocycles. The van der Waals surface area contributed by atoms with Crippen molar-refractivity contribution >= 4 is 25.8 Å². The third kappa shape index (κ3) is 3.66. The van der Waals surface area contributed by atoms with Crippen molar-refractivity contribution in [3.63, 3.8) is 0 Å². The van der Waals surface area contributed by atoms with Gasteiger partial charge in [0, 0.05) is 17.5 Å². The van der Waals surface area contributed by atoms with Crippen LogP contribution in [0, 0.1) is 0 Å². The zero-order valence-electron chi connectivity index (χ0n) is 18.0. The molecule has 1 aliphatic carbocycles. The largest absolute Gasteiger partial charge is 0.326 e. The number of halogens is 4. The Bertz CT molecular complexity index is 1430. The van der Waals surface area contributed by atoms with Crippen molar-refractivity contribution in [2.24, 2.45) is 0 Å². The van der Waals surface area contributed by atoms with E-state index < -0.39 is 68.2 Å². The lowest BCUT2D eigenvalue weighted by Crippen LogP contribution is -2.64. The van der Waals surface area contributed by atoms with Crippen LogP contribution in [0.1, 0.15) is 36.2 Å². The second-order valence-corrected chi connectivity index (χ2v) is 12.7. The summed E-state index contributed by atoms with van der Waals surface area (Å²) >= 11 is 0. The Hall–Kier alpha value is -2.32. The SMILES string of the molecule is C[C@@H]1N(c2nc(-c3ccc4c(c3)S(=O)(=O)C[C@@H]4NS(C)(=O)=O)c3c(n2)C(F)(F)CC3)CC1(F)F. The molecule has 14 heteroatoms. The molecule has 1 aromatic heterocycles. The minimum absolute atomic E-state index is 0.0529. The lowest BCUT2D eigenvalue weighted by atomic mass is 10.00. The number of anilines is 1. The molecule has 2 aliphatic heterocycles. The minimum Gasteiger partial charge on any atom is -0.326 e. The smallest absolute Gasteiger partial charge is 0.290 e. The lowest BCUT2D eigenvalue weighted by Gasteiger charge is -2.45. The van der Waals surface area contributed by atoms with E-state index in [1.54, 1.807) is 0 Å². The standard InChI is InChI=1S/C20H20F4N4O4S2/c1-10-20(23,24)9-28(10)18-25-16(13-5-6-19(21,22)17(13)26-18)11-3-4-12-14(27-33(2,29)30)8-34(31,32)15(12)7-11/h3-4,7,10,14,27H,5-6,8-9H2,1-2H3/t10-,14-/m0/s1. The molecule has 2 atom stereocenters. The molecule has 0 radical (unpaired) electrons. The van der Waals surface area contributed by atoms with E-state index in [1.165, 1.54) is 25.1 Å². The summed E-state index contributed by atoms with van der Waals surface area (Å²) in [6.45, 7) is 0.532. The second kappa shape index (κ2) is 7.10. The van der Waals surface area contributed by atoms with E-state index >= 15 is 0 Å². The number of fused-ring (bicyclic) bond motifs is 2. The number of aromatic nitrogens is 2. The fraction of sp³-hybridized carbons (Fsp3) is 0.500. The predicted molar refractivity (Wildman–Crippen MR) is 114 cm³/mol. The first-order valence-electron chi connectivity index (χ1n) is 10.4. The Balaban J connectivity index is 1.64. The Morgan fingerprint density at radius 3 is 2.50 bits per heavy atom. The van der Waals surface area contributed by atoms with Crippen molar-refractivity contribution < 1.29 is 34.4 Å². The highest BCUT2D eigenvalue weighted by Gasteiger charge is 2.54. The average Bonchev–Trinajstić information content (AvgIpc) is 3.16. The fourth-order valence-corrected chi connectivity index (χ4v) is 7.22. The number of benzene rings is 1. The third-order valence-electron chi connectivity index (χ3n) is 6.49. The molecule has 1 fully saturated rings. The van der Waals surface area contributed by atoms with Crippen LogP contribution < -0.4 is 9.62 Å². The fourth-order valence-electron chi connectivity index (χ4n) is 4.63. The number of nitrogens with zero attached hydrogens (tertiary/aromatic N) is 3. The Morgan fingerprint density at radius 1 is 1.18 bits per heavy atom. The molecule has 0 spiro atoms. The molecule has 0 saturated carbocycles. The molecule has 8 nitrogen and oxygen atoms in total. The molecule has 0 unspecified atom stereocenters. The number of hydrogen-bond donors (Lipinski definition) is 1. The third-order valence-corrected chi connectivity index (χ3v) is 9.00. The van der Waals surface area contributed by atoms with Crippen LogP contribution in [0.25, 0.3) is 11.3 Å². The first-order valence-corrected chi connectivity index (χ1v) is 13.9. The van der Waals surface area contributed by atoms with Gasteiger partial charge < -0.3 is 4.90 Å². The maximum Gasteiger partial charge on any atom is 0.290 e. The summed E-state index contributed by atoms with van der Waals surface area (Å²) in [6.07, 6.45) is 0.326. The van der Waals surface area contributed by atoms with Gasteiger partial charge >= 0.3 is 0 Å². The molecule has 0 amide bonds. The van der Waals surface area contributed by atoms with E-state index in [1.807, 2.05) is 0 Å². The van der Waals surface area contributed by atoms with Gasteiger partial charge in [0.1, 0.15) is 5.69 Å². The van der Waals surface area contributed by atoms with E-state index in [-0.39, 0.29) is 39.6 Å². The molecule has 2 aromatic rings. The average molecular weight is 521 g/mol. The summed E-state index contributed by atoms with van der Waals surface area (Å²) in [5, 5.41) is 0. The predicted octanol–water partition coefficient (Wildman–Crippen LogP) is 2.40. The summed E-state index contributed by atoms with van der Waals surface area (Å²) in [5.41, 5.74) is 0.0863. The van der Waals surface area contributed by atoms with Crippen LogP contribution in [0.15, 0.2) is 23.1 Å². The first-order chi connectivity index (χ1) is 15.6. The molecule has 3 aliphatic rings. The van der Waals surface area contributed by atoms with Crippen LogP contribution in [0.5, 0.6) is 0 Å². The van der Waals surface area contributed by atoms with Gasteiger partial charge in [0.15, 0.2) is 9.84 Å². The van der Waals surface area contributed by atoms with E-state index in [4.69, 9.17) is 0 Å². The molecular formula is C20H20F4N4O4S2. The van der Waals surface area contributed by atoms with E-state index in [0.29, 0.717) is 0 Å². The second-order valence-electron chi connectivity index (χ2n) is 8.95. The van der Waals surface area contributed by atoms with Gasteiger partial charge in [-0.25, -0.2) is 40.3 Å². The van der Waals surface area contributed by atoms with E-state index in [9.17, 15) is 34.4 Å². The van der Waals surface area contributed by atoms with Crippen molar-refractivity contribution in [3.05, 3.63) is 35.0 Å². The number of rotatable bonds is 4. The van der Waals surface area contributed by atoms with Gasteiger partial charge in [0.05, 0.1) is 41.2 Å². The normalized spacial score (nSPS) is 26.1. The highest BCUT2D eigenvalue weighted by atomic mass is 32.2. The molecule has 34 heavy (non-hydrogen) atoms. The lowest BCUT2D eigenvalue weighted by molar-refractivity contribution is -0.0650. The number of alkyl halides is 4. The summed E-state index contributed by atoms with van der Waals surface area (Å²) < 4.78 is 108. The van der Waals surface area contributed by atoms with Gasteiger partial charge in [-0.05, 0) is 25.0 Å². The van der Waals surface area contributed by atoms with Crippen molar-refractivity contribution in [2.75, 3.05) is 23.5 Å². The van der Waals surface area contributed by atoms with Crippen LogP contribution >= 0.6 is 0 Å². The van der Waals surface area contributed by atoms with Gasteiger partial charge in [0.25, 0.3) is 11.8 Å². The number of nitrogens with one attached hydrogen (secondary N) is 1. The van der Waals surface area contributed by atoms with E-state index in [2.05, 4.69) is 14.7 Å². The Kier molecular flexibility index (Phi) is 4.89. The summed E-state index contributed by atoms with van der Waals surface area (Å²) in [7, 11) is -7.56. The maximum absolute atomic E-state index is 14.6. The quantitative estimate of drug-likeness (QED) is 0.617. The van der Waals surface area contributed by atoms with Crippen molar-refractivity contribution in [1.29, 1.82) is 0 Å². The molecule has 1 N–H and O–H groups in total. The Morgan fingerprint density at radius 2 is 1.88 bits per heavy atom. The summed E-state index contributed by atoms with van der Waals surface area (Å²) in [6, 6.07) is 1.89. The maximum atomic E-state index is 14.6. The number of sulfone groups is 1. The van der Waals surface area contributed by atoms with Crippen molar-refractivity contribution in [2.45, 2.75) is 48.6 Å². The van der Waals surface area contributed by atoms with Crippen molar-refractivity contribution in [1.82, 2.24) is 14.7 Å². The number of sulfonamides is 1. The van der Waals surface area contributed by atoms with Gasteiger partial charge in [-0.3, -0.25) is 0 Å². The summed E-state index contributed by atoms with van der Waals surface area (Å²) in [4.78, 5) is 9.23. The topological polar surface area (TPSA) is 109 Å². The monoisotopic (exact) mass is 520 g/mol. The first kappa shape index (κ1) is 23.4. The molecular weight excluding hydrogens is 500 g/mol. The van der Waals surface area contributed by atoms with Crippen LogP contribution in [0.4, 0.5) is 23.5 Å². The van der Waals surface area contributed by atoms with Crippen LogP contribution in [0.3, 0.4) is 0 Å². The minimum atomic E-state index is -3.87. The van der Waals surface area contributed by atoms with Crippen LogP contribution in [-0.4, -0.2) is 57.3 Å². The number of hydrogen-bond acceptors (Lipinski definition) is 7. The molecule has 1 saturated heterocycles. The van der Waals surface area contributed by atoms with Crippen LogP contribution in [0.2, 0.25) is 0 Å². The molecule has 184 valence electrons.